The second-order valence-corrected chi connectivity index (χ2v) is 10.3. The number of ketones is 1. The van der Waals surface area contributed by atoms with Crippen LogP contribution in [0.3, 0.4) is 0 Å². The highest BCUT2D eigenvalue weighted by Crippen LogP contribution is 2.39. The molecule has 5 nitrogen and oxygen atoms in total. The van der Waals surface area contributed by atoms with E-state index in [1.54, 1.807) is 35.7 Å². The smallest absolute Gasteiger partial charge is 0.270 e. The molecule has 1 aromatic heterocycles. The summed E-state index contributed by atoms with van der Waals surface area (Å²) in [4.78, 5) is 13.1. The standard InChI is InChI=1S/C22H19ClN2O3S2/c1-14-8-15(2)10-18(9-14)24-12-20-21(26)22-19(6-7-29-22)25(30(20,27)28)13-16-4-3-5-17(23)11-16/h3-12,24H,13H2,1-2H3. The maximum absolute atomic E-state index is 13.4. The zero-order valence-electron chi connectivity index (χ0n) is 16.3. The summed E-state index contributed by atoms with van der Waals surface area (Å²) >= 11 is 7.30. The molecule has 0 radical (unpaired) electrons. The molecule has 0 unspecified atom stereocenters. The van der Waals surface area contributed by atoms with Crippen molar-refractivity contribution in [3.63, 3.8) is 0 Å². The van der Waals surface area contributed by atoms with Crippen LogP contribution in [-0.4, -0.2) is 14.2 Å². The Kier molecular flexibility index (Phi) is 5.44. The number of sulfonamides is 1. The molecule has 0 aliphatic carbocycles. The van der Waals surface area contributed by atoms with E-state index in [0.717, 1.165) is 22.4 Å². The Bertz CT molecular complexity index is 1260. The Labute approximate surface area is 184 Å². The van der Waals surface area contributed by atoms with Crippen LogP contribution in [0.4, 0.5) is 11.4 Å². The van der Waals surface area contributed by atoms with Gasteiger partial charge in [0.15, 0.2) is 4.91 Å². The molecule has 1 aliphatic heterocycles. The van der Waals surface area contributed by atoms with Gasteiger partial charge in [-0.3, -0.25) is 9.10 Å². The van der Waals surface area contributed by atoms with Gasteiger partial charge in [-0.1, -0.05) is 29.8 Å². The molecule has 0 amide bonds. The number of aryl methyl sites for hydroxylation is 2. The number of hydrogen-bond donors (Lipinski definition) is 1. The Morgan fingerprint density at radius 3 is 2.53 bits per heavy atom. The fraction of sp³-hybridized carbons (Fsp3) is 0.136. The van der Waals surface area contributed by atoms with Crippen molar-refractivity contribution in [2.75, 3.05) is 9.62 Å². The van der Waals surface area contributed by atoms with Crippen LogP contribution in [0.25, 0.3) is 0 Å². The molecule has 1 aliphatic rings. The van der Waals surface area contributed by atoms with Gasteiger partial charge in [-0.2, -0.15) is 0 Å². The second kappa shape index (κ2) is 7.91. The Morgan fingerprint density at radius 2 is 1.83 bits per heavy atom. The summed E-state index contributed by atoms with van der Waals surface area (Å²) in [5, 5.41) is 5.24. The van der Waals surface area contributed by atoms with Gasteiger partial charge in [0.05, 0.1) is 12.2 Å². The number of nitrogens with one attached hydrogen (secondary N) is 1. The second-order valence-electron chi connectivity index (χ2n) is 7.14. The van der Waals surface area contributed by atoms with Gasteiger partial charge in [0.25, 0.3) is 10.0 Å². The quantitative estimate of drug-likeness (QED) is 0.524. The van der Waals surface area contributed by atoms with Gasteiger partial charge >= 0.3 is 0 Å². The number of benzene rings is 2. The fourth-order valence-electron chi connectivity index (χ4n) is 3.46. The number of nitrogens with zero attached hydrogens (tertiary/aromatic N) is 1. The van der Waals surface area contributed by atoms with Crippen LogP contribution in [-0.2, 0) is 16.6 Å². The van der Waals surface area contributed by atoms with Crippen molar-refractivity contribution in [2.24, 2.45) is 0 Å². The monoisotopic (exact) mass is 458 g/mol. The Morgan fingerprint density at radius 1 is 1.10 bits per heavy atom. The normalized spacial score (nSPS) is 16.6. The van der Waals surface area contributed by atoms with Gasteiger partial charge in [0, 0.05) is 16.9 Å². The minimum atomic E-state index is -4.05. The van der Waals surface area contributed by atoms with Crippen LogP contribution >= 0.6 is 22.9 Å². The molecule has 8 heteroatoms. The first-order valence-corrected chi connectivity index (χ1v) is 11.9. The zero-order chi connectivity index (χ0) is 21.5. The predicted molar refractivity (Wildman–Crippen MR) is 123 cm³/mol. The summed E-state index contributed by atoms with van der Waals surface area (Å²) in [7, 11) is -4.05. The van der Waals surface area contributed by atoms with E-state index in [1.807, 2.05) is 32.0 Å². The third-order valence-corrected chi connectivity index (χ3v) is 7.62. The Balaban J connectivity index is 1.75. The SMILES string of the molecule is Cc1cc(C)cc(NC=C2C(=O)c3sccc3N(Cc3cccc(Cl)c3)S2(=O)=O)c1. The van der Waals surface area contributed by atoms with E-state index >= 15 is 0 Å². The number of hydrogen-bond acceptors (Lipinski definition) is 5. The van der Waals surface area contributed by atoms with E-state index in [2.05, 4.69) is 5.32 Å². The first kappa shape index (κ1) is 20.7. The lowest BCUT2D eigenvalue weighted by atomic mass is 10.1. The lowest BCUT2D eigenvalue weighted by Gasteiger charge is -2.29. The molecular weight excluding hydrogens is 440 g/mol. The maximum atomic E-state index is 13.4. The largest absolute Gasteiger partial charge is 0.360 e. The molecular formula is C22H19ClN2O3S2. The van der Waals surface area contributed by atoms with Crippen LogP contribution in [0, 0.1) is 13.8 Å². The lowest BCUT2D eigenvalue weighted by Crippen LogP contribution is -2.38. The number of rotatable bonds is 4. The van der Waals surface area contributed by atoms with Crippen molar-refractivity contribution >= 4 is 50.1 Å². The number of Topliss-reactive ketones (excluding diaryl/α,β-unsaturated/α-hetero) is 1. The average molecular weight is 459 g/mol. The zero-order valence-corrected chi connectivity index (χ0v) is 18.7. The highest BCUT2D eigenvalue weighted by atomic mass is 35.5. The summed E-state index contributed by atoms with van der Waals surface area (Å²) in [5.41, 5.74) is 3.93. The van der Waals surface area contributed by atoms with Gasteiger partial charge < -0.3 is 5.32 Å². The maximum Gasteiger partial charge on any atom is 0.270 e. The molecule has 0 fully saturated rings. The summed E-state index contributed by atoms with van der Waals surface area (Å²) in [6.07, 6.45) is 1.29. The predicted octanol–water partition coefficient (Wildman–Crippen LogP) is 5.50. The Hall–Kier alpha value is -2.61. The topological polar surface area (TPSA) is 66.5 Å². The number of halogens is 1. The fourth-order valence-corrected chi connectivity index (χ4v) is 6.16. The van der Waals surface area contributed by atoms with Crippen LogP contribution in [0.15, 0.2) is 65.0 Å². The van der Waals surface area contributed by atoms with Crippen LogP contribution < -0.4 is 9.62 Å². The van der Waals surface area contributed by atoms with E-state index < -0.39 is 15.8 Å². The van der Waals surface area contributed by atoms with Crippen LogP contribution in [0.1, 0.15) is 26.4 Å². The first-order valence-electron chi connectivity index (χ1n) is 9.20. The summed E-state index contributed by atoms with van der Waals surface area (Å²) in [5.74, 6) is -0.501. The molecule has 0 spiro atoms. The number of carbonyl (C=O) groups excluding carboxylic acids is 1. The van der Waals surface area contributed by atoms with Crippen molar-refractivity contribution in [1.29, 1.82) is 0 Å². The van der Waals surface area contributed by atoms with E-state index in [4.69, 9.17) is 11.6 Å². The van der Waals surface area contributed by atoms with E-state index in [-0.39, 0.29) is 11.4 Å². The molecule has 0 saturated heterocycles. The number of fused-ring (bicyclic) bond motifs is 1. The number of carbonyl (C=O) groups is 1. The minimum Gasteiger partial charge on any atom is -0.360 e. The molecule has 2 heterocycles. The summed E-state index contributed by atoms with van der Waals surface area (Å²) in [6, 6.07) is 14.5. The van der Waals surface area contributed by atoms with Crippen molar-refractivity contribution in [3.05, 3.63) is 91.6 Å². The van der Waals surface area contributed by atoms with Crippen LogP contribution in [0.5, 0.6) is 0 Å². The molecule has 1 N–H and O–H groups in total. The molecule has 154 valence electrons. The van der Waals surface area contributed by atoms with Crippen molar-refractivity contribution in [2.45, 2.75) is 20.4 Å². The molecule has 30 heavy (non-hydrogen) atoms. The highest BCUT2D eigenvalue weighted by Gasteiger charge is 2.41. The summed E-state index contributed by atoms with van der Waals surface area (Å²) < 4.78 is 28.1. The van der Waals surface area contributed by atoms with Gasteiger partial charge in [0.1, 0.15) is 4.88 Å². The van der Waals surface area contributed by atoms with Gasteiger partial charge in [-0.25, -0.2) is 8.42 Å². The van der Waals surface area contributed by atoms with Gasteiger partial charge in [0.2, 0.25) is 5.78 Å². The number of thiophene rings is 1. The molecule has 3 aromatic rings. The molecule has 2 aromatic carbocycles. The van der Waals surface area contributed by atoms with E-state index in [1.165, 1.54) is 21.8 Å². The van der Waals surface area contributed by atoms with Crippen molar-refractivity contribution < 1.29 is 13.2 Å². The first-order chi connectivity index (χ1) is 14.3. The summed E-state index contributed by atoms with van der Waals surface area (Å²) in [6.45, 7) is 4.00. The minimum absolute atomic E-state index is 0.0841. The molecule has 0 atom stereocenters. The number of allylic oxidation sites excluding steroid dienone is 1. The molecule has 0 bridgehead atoms. The average Bonchev–Trinajstić information content (AvgIpc) is 3.14. The number of anilines is 2. The third-order valence-electron chi connectivity index (χ3n) is 4.72. The van der Waals surface area contributed by atoms with Crippen LogP contribution in [0.2, 0.25) is 5.02 Å². The van der Waals surface area contributed by atoms with Crippen molar-refractivity contribution in [1.82, 2.24) is 0 Å². The lowest BCUT2D eigenvalue weighted by molar-refractivity contribution is 0.104. The molecule has 4 rings (SSSR count). The van der Waals surface area contributed by atoms with Gasteiger partial charge in [-0.15, -0.1) is 11.3 Å². The van der Waals surface area contributed by atoms with Crippen molar-refractivity contribution in [3.8, 4) is 0 Å². The van der Waals surface area contributed by atoms with Gasteiger partial charge in [-0.05, 0) is 66.2 Å². The van der Waals surface area contributed by atoms with E-state index in [0.29, 0.717) is 15.6 Å². The third kappa shape index (κ3) is 3.88. The highest BCUT2D eigenvalue weighted by molar-refractivity contribution is 7.97. The molecule has 0 saturated carbocycles. The van der Waals surface area contributed by atoms with E-state index in [9.17, 15) is 13.2 Å².